The van der Waals surface area contributed by atoms with Gasteiger partial charge in [-0.3, -0.25) is 4.79 Å². The number of nitrogens with zero attached hydrogens (tertiary/aromatic N) is 1. The zero-order chi connectivity index (χ0) is 17.5. The molecule has 0 atom stereocenters. The molecule has 0 saturated carbocycles. The number of aromatic hydroxyl groups is 1. The van der Waals surface area contributed by atoms with Crippen LogP contribution >= 0.6 is 11.6 Å². The molecule has 1 amide bonds. The first-order valence-corrected chi connectivity index (χ1v) is 7.55. The van der Waals surface area contributed by atoms with E-state index in [-0.39, 0.29) is 11.3 Å². The third-order valence-electron chi connectivity index (χ3n) is 3.08. The molecular formula is C18H15ClN2O3. The Balaban J connectivity index is 2.18. The second-order valence-corrected chi connectivity index (χ2v) is 5.22. The third-order valence-corrected chi connectivity index (χ3v) is 3.31. The number of halogens is 1. The number of amides is 1. The van der Waals surface area contributed by atoms with Crippen LogP contribution in [0.2, 0.25) is 5.02 Å². The van der Waals surface area contributed by atoms with E-state index in [0.717, 1.165) is 0 Å². The SMILES string of the molecule is CCOc1ccc(NC(=O)/C(C#N)=C\c2cc(Cl)ccc2O)cc1. The minimum Gasteiger partial charge on any atom is -0.507 e. The fraction of sp³-hybridized carbons (Fsp3) is 0.111. The first-order valence-electron chi connectivity index (χ1n) is 7.18. The van der Waals surface area contributed by atoms with Gasteiger partial charge in [0, 0.05) is 16.3 Å². The van der Waals surface area contributed by atoms with Crippen LogP contribution in [0.15, 0.2) is 48.0 Å². The zero-order valence-corrected chi connectivity index (χ0v) is 13.7. The minimum absolute atomic E-state index is 0.0685. The summed E-state index contributed by atoms with van der Waals surface area (Å²) in [5.74, 6) is 0.0393. The monoisotopic (exact) mass is 342 g/mol. The molecular weight excluding hydrogens is 328 g/mol. The van der Waals surface area contributed by atoms with Crippen molar-refractivity contribution in [1.82, 2.24) is 0 Å². The van der Waals surface area contributed by atoms with E-state index in [4.69, 9.17) is 16.3 Å². The Morgan fingerprint density at radius 3 is 2.67 bits per heavy atom. The average Bonchev–Trinajstić information content (AvgIpc) is 2.57. The molecule has 2 N–H and O–H groups in total. The largest absolute Gasteiger partial charge is 0.507 e. The van der Waals surface area contributed by atoms with E-state index in [2.05, 4.69) is 5.32 Å². The molecule has 5 nitrogen and oxygen atoms in total. The lowest BCUT2D eigenvalue weighted by molar-refractivity contribution is -0.112. The van der Waals surface area contributed by atoms with Crippen molar-refractivity contribution in [2.24, 2.45) is 0 Å². The summed E-state index contributed by atoms with van der Waals surface area (Å²) >= 11 is 5.86. The van der Waals surface area contributed by atoms with Crippen LogP contribution in [0.4, 0.5) is 5.69 Å². The Kier molecular flexibility index (Phi) is 5.83. The highest BCUT2D eigenvalue weighted by molar-refractivity contribution is 6.30. The van der Waals surface area contributed by atoms with Crippen molar-refractivity contribution in [3.8, 4) is 17.6 Å². The molecule has 0 spiro atoms. The van der Waals surface area contributed by atoms with Crippen LogP contribution in [-0.2, 0) is 4.79 Å². The molecule has 0 aliphatic rings. The van der Waals surface area contributed by atoms with Gasteiger partial charge in [0.15, 0.2) is 0 Å². The summed E-state index contributed by atoms with van der Waals surface area (Å²) in [4.78, 5) is 12.2. The number of ether oxygens (including phenoxy) is 1. The van der Waals surface area contributed by atoms with Crippen molar-refractivity contribution in [2.75, 3.05) is 11.9 Å². The number of benzene rings is 2. The number of carbonyl (C=O) groups excluding carboxylic acids is 1. The maximum Gasteiger partial charge on any atom is 0.266 e. The van der Waals surface area contributed by atoms with Crippen LogP contribution in [0, 0.1) is 11.3 Å². The molecule has 0 aromatic heterocycles. The summed E-state index contributed by atoms with van der Waals surface area (Å²) in [6, 6.07) is 13.0. The van der Waals surface area contributed by atoms with Crippen LogP contribution in [0.5, 0.6) is 11.5 Å². The molecule has 2 rings (SSSR count). The van der Waals surface area contributed by atoms with E-state index < -0.39 is 5.91 Å². The normalized spacial score (nSPS) is 10.8. The van der Waals surface area contributed by atoms with E-state index in [9.17, 15) is 15.2 Å². The second-order valence-electron chi connectivity index (χ2n) is 4.78. The highest BCUT2D eigenvalue weighted by atomic mass is 35.5. The molecule has 2 aromatic carbocycles. The van der Waals surface area contributed by atoms with E-state index in [1.165, 1.54) is 24.3 Å². The van der Waals surface area contributed by atoms with Crippen molar-refractivity contribution in [3.05, 3.63) is 58.6 Å². The van der Waals surface area contributed by atoms with Crippen LogP contribution in [0.3, 0.4) is 0 Å². The van der Waals surface area contributed by atoms with Gasteiger partial charge in [0.25, 0.3) is 5.91 Å². The van der Waals surface area contributed by atoms with E-state index >= 15 is 0 Å². The average molecular weight is 343 g/mol. The van der Waals surface area contributed by atoms with Gasteiger partial charge in [-0.1, -0.05) is 11.6 Å². The van der Waals surface area contributed by atoms with Gasteiger partial charge in [-0.15, -0.1) is 0 Å². The minimum atomic E-state index is -0.582. The second kappa shape index (κ2) is 8.04. The van der Waals surface area contributed by atoms with Gasteiger partial charge < -0.3 is 15.2 Å². The number of nitrogens with one attached hydrogen (secondary N) is 1. The Hall–Kier alpha value is -2.97. The molecule has 0 aliphatic heterocycles. The molecule has 0 unspecified atom stereocenters. The van der Waals surface area contributed by atoms with E-state index in [1.807, 2.05) is 13.0 Å². The number of phenolic OH excluding ortho intramolecular Hbond substituents is 1. The zero-order valence-electron chi connectivity index (χ0n) is 12.9. The molecule has 0 fully saturated rings. The first-order chi connectivity index (χ1) is 11.5. The van der Waals surface area contributed by atoms with E-state index in [1.54, 1.807) is 24.3 Å². The lowest BCUT2D eigenvalue weighted by atomic mass is 10.1. The number of rotatable bonds is 5. The Bertz CT molecular complexity index is 808. The summed E-state index contributed by atoms with van der Waals surface area (Å²) < 4.78 is 5.32. The van der Waals surface area contributed by atoms with Crippen LogP contribution < -0.4 is 10.1 Å². The molecule has 0 saturated heterocycles. The Morgan fingerprint density at radius 1 is 1.33 bits per heavy atom. The number of nitriles is 1. The van der Waals surface area contributed by atoms with Crippen LogP contribution in [-0.4, -0.2) is 17.6 Å². The Morgan fingerprint density at radius 2 is 2.04 bits per heavy atom. The van der Waals surface area contributed by atoms with Gasteiger partial charge in [0.05, 0.1) is 6.61 Å². The smallest absolute Gasteiger partial charge is 0.266 e. The van der Waals surface area contributed by atoms with Crippen molar-refractivity contribution in [1.29, 1.82) is 5.26 Å². The fourth-order valence-corrected chi connectivity index (χ4v) is 2.13. The number of anilines is 1. The standard InChI is InChI=1S/C18H15ClN2O3/c1-2-24-16-6-4-15(5-7-16)21-18(23)13(11-20)9-12-10-14(19)3-8-17(12)22/h3-10,22H,2H2,1H3,(H,21,23)/b13-9-. The highest BCUT2D eigenvalue weighted by Gasteiger charge is 2.11. The van der Waals surface area contributed by atoms with Crippen molar-refractivity contribution in [2.45, 2.75) is 6.92 Å². The molecule has 0 radical (unpaired) electrons. The molecule has 0 aliphatic carbocycles. The van der Waals surface area contributed by atoms with E-state index in [0.29, 0.717) is 28.6 Å². The number of carbonyl (C=O) groups is 1. The van der Waals surface area contributed by atoms with Gasteiger partial charge in [0.2, 0.25) is 0 Å². The van der Waals surface area contributed by atoms with Gasteiger partial charge in [-0.25, -0.2) is 0 Å². The molecule has 2 aromatic rings. The van der Waals surface area contributed by atoms with Crippen molar-refractivity contribution in [3.63, 3.8) is 0 Å². The molecule has 122 valence electrons. The molecule has 0 heterocycles. The molecule has 24 heavy (non-hydrogen) atoms. The fourth-order valence-electron chi connectivity index (χ4n) is 1.94. The summed E-state index contributed by atoms with van der Waals surface area (Å²) in [5.41, 5.74) is 0.669. The predicted molar refractivity (Wildman–Crippen MR) is 92.9 cm³/mol. The van der Waals surface area contributed by atoms with Gasteiger partial charge in [-0.2, -0.15) is 5.26 Å². The Labute approximate surface area is 144 Å². The molecule has 0 bridgehead atoms. The maximum atomic E-state index is 12.2. The maximum absolute atomic E-state index is 12.2. The number of hydrogen-bond acceptors (Lipinski definition) is 4. The number of phenols is 1. The van der Waals surface area contributed by atoms with Gasteiger partial charge in [0.1, 0.15) is 23.1 Å². The van der Waals surface area contributed by atoms with Crippen molar-refractivity contribution < 1.29 is 14.6 Å². The summed E-state index contributed by atoms with van der Waals surface area (Å²) in [6.07, 6.45) is 1.28. The summed E-state index contributed by atoms with van der Waals surface area (Å²) in [7, 11) is 0. The molecule has 6 heteroatoms. The lowest BCUT2D eigenvalue weighted by Crippen LogP contribution is -2.13. The summed E-state index contributed by atoms with van der Waals surface area (Å²) in [6.45, 7) is 2.43. The number of hydrogen-bond donors (Lipinski definition) is 2. The van der Waals surface area contributed by atoms with Gasteiger partial charge in [-0.05, 0) is 55.5 Å². The first kappa shape index (κ1) is 17.4. The summed E-state index contributed by atoms with van der Waals surface area (Å²) in [5, 5.41) is 22.0. The van der Waals surface area contributed by atoms with Gasteiger partial charge >= 0.3 is 0 Å². The van der Waals surface area contributed by atoms with Crippen molar-refractivity contribution >= 4 is 29.3 Å². The lowest BCUT2D eigenvalue weighted by Gasteiger charge is -2.07. The quantitative estimate of drug-likeness (QED) is 0.635. The third kappa shape index (κ3) is 4.51. The predicted octanol–water partition coefficient (Wildman–Crippen LogP) is 3.99. The van der Waals surface area contributed by atoms with Crippen LogP contribution in [0.1, 0.15) is 12.5 Å². The van der Waals surface area contributed by atoms with Crippen LogP contribution in [0.25, 0.3) is 6.08 Å². The topological polar surface area (TPSA) is 82.3 Å². The highest BCUT2D eigenvalue weighted by Crippen LogP contribution is 2.24.